The lowest BCUT2D eigenvalue weighted by Gasteiger charge is -2.41. The SMILES string of the molecule is CCCNC1CCN(C2CCOC2C2CC2)CC1C. The first-order valence-electron chi connectivity index (χ1n) is 8.38. The van der Waals surface area contributed by atoms with E-state index in [0.717, 1.165) is 30.5 Å². The normalized spacial score (nSPS) is 40.7. The number of nitrogens with one attached hydrogen (secondary N) is 1. The van der Waals surface area contributed by atoms with E-state index >= 15 is 0 Å². The van der Waals surface area contributed by atoms with Gasteiger partial charge in [-0.05, 0) is 50.5 Å². The van der Waals surface area contributed by atoms with Crippen LogP contribution in [0.1, 0.15) is 46.0 Å². The van der Waals surface area contributed by atoms with E-state index in [9.17, 15) is 0 Å². The molecule has 1 aliphatic carbocycles. The first kappa shape index (κ1) is 13.8. The largest absolute Gasteiger partial charge is 0.376 e. The molecular weight excluding hydrogens is 236 g/mol. The van der Waals surface area contributed by atoms with Crippen LogP contribution in [-0.2, 0) is 4.74 Å². The van der Waals surface area contributed by atoms with Gasteiger partial charge < -0.3 is 10.1 Å². The van der Waals surface area contributed by atoms with Crippen molar-refractivity contribution >= 4 is 0 Å². The second kappa shape index (κ2) is 6.11. The number of hydrogen-bond donors (Lipinski definition) is 1. The molecule has 3 nitrogen and oxygen atoms in total. The van der Waals surface area contributed by atoms with Gasteiger partial charge in [0.15, 0.2) is 0 Å². The van der Waals surface area contributed by atoms with E-state index in [0.29, 0.717) is 6.10 Å². The Labute approximate surface area is 118 Å². The first-order chi connectivity index (χ1) is 9.29. The molecule has 3 rings (SSSR count). The minimum Gasteiger partial charge on any atom is -0.376 e. The fraction of sp³-hybridized carbons (Fsp3) is 1.00. The molecule has 0 aromatic heterocycles. The summed E-state index contributed by atoms with van der Waals surface area (Å²) in [6.45, 7) is 9.37. The summed E-state index contributed by atoms with van der Waals surface area (Å²) in [6.07, 6.45) is 7.20. The highest BCUT2D eigenvalue weighted by Crippen LogP contribution is 2.41. The Morgan fingerprint density at radius 2 is 2.05 bits per heavy atom. The zero-order valence-electron chi connectivity index (χ0n) is 12.6. The van der Waals surface area contributed by atoms with Crippen LogP contribution in [0.15, 0.2) is 0 Å². The highest BCUT2D eigenvalue weighted by molar-refractivity contribution is 4.97. The highest BCUT2D eigenvalue weighted by atomic mass is 16.5. The summed E-state index contributed by atoms with van der Waals surface area (Å²) in [5, 5.41) is 3.72. The van der Waals surface area contributed by atoms with E-state index < -0.39 is 0 Å². The van der Waals surface area contributed by atoms with E-state index in [1.54, 1.807) is 0 Å². The summed E-state index contributed by atoms with van der Waals surface area (Å²) < 4.78 is 6.01. The molecular formula is C16H30N2O. The van der Waals surface area contributed by atoms with Gasteiger partial charge in [-0.25, -0.2) is 0 Å². The lowest BCUT2D eigenvalue weighted by atomic mass is 9.91. The molecule has 3 aliphatic rings. The summed E-state index contributed by atoms with van der Waals surface area (Å²) in [6, 6.07) is 1.46. The van der Waals surface area contributed by atoms with E-state index in [-0.39, 0.29) is 0 Å². The lowest BCUT2D eigenvalue weighted by Crippen LogP contribution is -2.53. The maximum atomic E-state index is 6.01. The Hall–Kier alpha value is -0.120. The quantitative estimate of drug-likeness (QED) is 0.826. The number of piperidine rings is 1. The minimum atomic E-state index is 0.562. The van der Waals surface area contributed by atoms with Gasteiger partial charge in [-0.15, -0.1) is 0 Å². The second-order valence-electron chi connectivity index (χ2n) is 6.85. The van der Waals surface area contributed by atoms with Gasteiger partial charge in [-0.2, -0.15) is 0 Å². The predicted octanol–water partition coefficient (Wildman–Crippen LogP) is 2.26. The Balaban J connectivity index is 1.53. The average molecular weight is 266 g/mol. The molecule has 0 aromatic rings. The fourth-order valence-corrected chi connectivity index (χ4v) is 3.98. The van der Waals surface area contributed by atoms with Gasteiger partial charge in [0.1, 0.15) is 0 Å². The third-order valence-corrected chi connectivity index (χ3v) is 5.25. The second-order valence-corrected chi connectivity index (χ2v) is 6.85. The molecule has 19 heavy (non-hydrogen) atoms. The van der Waals surface area contributed by atoms with E-state index in [2.05, 4.69) is 24.1 Å². The first-order valence-corrected chi connectivity index (χ1v) is 8.38. The fourth-order valence-electron chi connectivity index (χ4n) is 3.98. The molecule has 2 saturated heterocycles. The monoisotopic (exact) mass is 266 g/mol. The van der Waals surface area contributed by atoms with Gasteiger partial charge in [0.2, 0.25) is 0 Å². The van der Waals surface area contributed by atoms with Crippen molar-refractivity contribution in [2.45, 2.75) is 64.1 Å². The Kier molecular flexibility index (Phi) is 4.45. The number of likely N-dealkylation sites (tertiary alicyclic amines) is 1. The lowest BCUT2D eigenvalue weighted by molar-refractivity contribution is 0.0251. The molecule has 110 valence electrons. The zero-order chi connectivity index (χ0) is 13.2. The number of hydrogen-bond acceptors (Lipinski definition) is 3. The molecule has 4 unspecified atom stereocenters. The van der Waals surface area contributed by atoms with Crippen LogP contribution >= 0.6 is 0 Å². The average Bonchev–Trinajstić information content (AvgIpc) is 3.15. The smallest absolute Gasteiger partial charge is 0.0759 e. The van der Waals surface area contributed by atoms with Crippen molar-refractivity contribution in [1.82, 2.24) is 10.2 Å². The van der Waals surface area contributed by atoms with Crippen LogP contribution in [0.25, 0.3) is 0 Å². The molecule has 0 aromatic carbocycles. The summed E-state index contributed by atoms with van der Waals surface area (Å²) >= 11 is 0. The molecule has 0 amide bonds. The highest BCUT2D eigenvalue weighted by Gasteiger charge is 2.44. The summed E-state index contributed by atoms with van der Waals surface area (Å²) in [5.74, 6) is 1.67. The Bertz CT molecular complexity index is 292. The molecule has 3 fully saturated rings. The predicted molar refractivity (Wildman–Crippen MR) is 78.3 cm³/mol. The van der Waals surface area contributed by atoms with Crippen LogP contribution in [0.3, 0.4) is 0 Å². The van der Waals surface area contributed by atoms with Crippen molar-refractivity contribution in [3.05, 3.63) is 0 Å². The number of rotatable bonds is 5. The molecule has 4 atom stereocenters. The topological polar surface area (TPSA) is 24.5 Å². The summed E-state index contributed by atoms with van der Waals surface area (Å²) in [4.78, 5) is 2.74. The molecule has 1 saturated carbocycles. The van der Waals surface area contributed by atoms with Crippen molar-refractivity contribution in [2.24, 2.45) is 11.8 Å². The van der Waals surface area contributed by atoms with Crippen LogP contribution < -0.4 is 5.32 Å². The van der Waals surface area contributed by atoms with E-state index in [1.165, 1.54) is 51.7 Å². The Morgan fingerprint density at radius 1 is 1.21 bits per heavy atom. The minimum absolute atomic E-state index is 0.562. The van der Waals surface area contributed by atoms with Crippen molar-refractivity contribution in [3.8, 4) is 0 Å². The van der Waals surface area contributed by atoms with Crippen LogP contribution in [0, 0.1) is 11.8 Å². The van der Waals surface area contributed by atoms with E-state index in [4.69, 9.17) is 4.74 Å². The summed E-state index contributed by atoms with van der Waals surface area (Å²) in [5.41, 5.74) is 0. The molecule has 0 radical (unpaired) electrons. The molecule has 3 heteroatoms. The zero-order valence-corrected chi connectivity index (χ0v) is 12.6. The van der Waals surface area contributed by atoms with Crippen molar-refractivity contribution in [3.63, 3.8) is 0 Å². The third-order valence-electron chi connectivity index (χ3n) is 5.25. The van der Waals surface area contributed by atoms with Crippen LogP contribution in [0.4, 0.5) is 0 Å². The standard InChI is InChI=1S/C16H30N2O/c1-3-8-17-14-6-9-18(11-12(14)2)15-7-10-19-16(15)13-4-5-13/h12-17H,3-11H2,1-2H3. The van der Waals surface area contributed by atoms with E-state index in [1.807, 2.05) is 0 Å². The summed E-state index contributed by atoms with van der Waals surface area (Å²) in [7, 11) is 0. The number of ether oxygens (including phenoxy) is 1. The van der Waals surface area contributed by atoms with Gasteiger partial charge in [0.25, 0.3) is 0 Å². The van der Waals surface area contributed by atoms with Crippen molar-refractivity contribution in [1.29, 1.82) is 0 Å². The van der Waals surface area contributed by atoms with Crippen molar-refractivity contribution < 1.29 is 4.74 Å². The molecule has 2 aliphatic heterocycles. The molecule has 0 spiro atoms. The number of nitrogens with zero attached hydrogens (tertiary/aromatic N) is 1. The van der Waals surface area contributed by atoms with Gasteiger partial charge >= 0.3 is 0 Å². The van der Waals surface area contributed by atoms with Gasteiger partial charge in [-0.1, -0.05) is 13.8 Å². The molecule has 2 heterocycles. The third kappa shape index (κ3) is 3.14. The molecule has 1 N–H and O–H groups in total. The Morgan fingerprint density at radius 3 is 2.74 bits per heavy atom. The van der Waals surface area contributed by atoms with Gasteiger partial charge in [-0.3, -0.25) is 4.90 Å². The van der Waals surface area contributed by atoms with Crippen molar-refractivity contribution in [2.75, 3.05) is 26.2 Å². The maximum Gasteiger partial charge on any atom is 0.0759 e. The molecule has 0 bridgehead atoms. The van der Waals surface area contributed by atoms with Crippen LogP contribution in [0.5, 0.6) is 0 Å². The van der Waals surface area contributed by atoms with Gasteiger partial charge in [0.05, 0.1) is 6.10 Å². The van der Waals surface area contributed by atoms with Crippen LogP contribution in [-0.4, -0.2) is 49.3 Å². The maximum absolute atomic E-state index is 6.01. The van der Waals surface area contributed by atoms with Gasteiger partial charge in [0, 0.05) is 31.8 Å². The van der Waals surface area contributed by atoms with Crippen LogP contribution in [0.2, 0.25) is 0 Å².